The van der Waals surface area contributed by atoms with Gasteiger partial charge >= 0.3 is 5.97 Å². The number of likely N-dealkylation sites (N-methyl/N-ethyl adjacent to an activating group) is 1. The highest BCUT2D eigenvalue weighted by molar-refractivity contribution is 5.77. The summed E-state index contributed by atoms with van der Waals surface area (Å²) in [5.41, 5.74) is 0.499. The third-order valence-electron chi connectivity index (χ3n) is 2.11. The van der Waals surface area contributed by atoms with Crippen LogP contribution in [-0.4, -0.2) is 38.7 Å². The second kappa shape index (κ2) is 4.59. The van der Waals surface area contributed by atoms with Crippen molar-refractivity contribution >= 4 is 12.4 Å². The first kappa shape index (κ1) is 11.2. The topological polar surface area (TPSA) is 75.4 Å². The number of aliphatic carboxylic acids is 1. The van der Waals surface area contributed by atoms with Gasteiger partial charge in [-0.3, -0.25) is 9.48 Å². The minimum absolute atomic E-state index is 0.343. The van der Waals surface area contributed by atoms with Crippen LogP contribution in [0.25, 0.3) is 0 Å². The van der Waals surface area contributed by atoms with Crippen molar-refractivity contribution in [1.82, 2.24) is 14.7 Å². The van der Waals surface area contributed by atoms with E-state index in [4.69, 9.17) is 5.11 Å². The third-order valence-corrected chi connectivity index (χ3v) is 2.11. The van der Waals surface area contributed by atoms with E-state index in [1.165, 1.54) is 15.8 Å². The SMILES string of the molecule is CCN(C=O)C(C(=O)O)c1cnn(C)c1. The van der Waals surface area contributed by atoms with Gasteiger partial charge in [-0.25, -0.2) is 4.79 Å². The molecule has 0 aliphatic carbocycles. The van der Waals surface area contributed by atoms with Gasteiger partial charge < -0.3 is 10.0 Å². The average molecular weight is 211 g/mol. The Kier molecular flexibility index (Phi) is 3.43. The molecular formula is C9H13N3O3. The molecule has 0 aliphatic heterocycles. The Morgan fingerprint density at radius 1 is 1.80 bits per heavy atom. The molecule has 1 aromatic heterocycles. The van der Waals surface area contributed by atoms with Gasteiger partial charge in [0.1, 0.15) is 0 Å². The molecule has 0 aliphatic rings. The zero-order valence-corrected chi connectivity index (χ0v) is 8.62. The van der Waals surface area contributed by atoms with E-state index in [0.29, 0.717) is 18.5 Å². The zero-order valence-electron chi connectivity index (χ0n) is 8.62. The lowest BCUT2D eigenvalue weighted by Crippen LogP contribution is -2.32. The Morgan fingerprint density at radius 3 is 2.80 bits per heavy atom. The molecule has 1 rings (SSSR count). The van der Waals surface area contributed by atoms with E-state index in [1.807, 2.05) is 0 Å². The van der Waals surface area contributed by atoms with Crippen LogP contribution < -0.4 is 0 Å². The van der Waals surface area contributed by atoms with Gasteiger partial charge in [-0.05, 0) is 6.92 Å². The Balaban J connectivity index is 3.02. The summed E-state index contributed by atoms with van der Waals surface area (Å²) in [4.78, 5) is 22.9. The molecule has 1 N–H and O–H groups in total. The van der Waals surface area contributed by atoms with Gasteiger partial charge in [0.05, 0.1) is 6.20 Å². The van der Waals surface area contributed by atoms with Crippen LogP contribution >= 0.6 is 0 Å². The van der Waals surface area contributed by atoms with Gasteiger partial charge in [-0.1, -0.05) is 0 Å². The summed E-state index contributed by atoms with van der Waals surface area (Å²) in [5.74, 6) is -1.06. The smallest absolute Gasteiger partial charge is 0.331 e. The van der Waals surface area contributed by atoms with E-state index in [0.717, 1.165) is 0 Å². The van der Waals surface area contributed by atoms with Crippen LogP contribution in [0.2, 0.25) is 0 Å². The summed E-state index contributed by atoms with van der Waals surface area (Å²) in [6.07, 6.45) is 3.57. The van der Waals surface area contributed by atoms with Crippen molar-refractivity contribution in [2.45, 2.75) is 13.0 Å². The number of nitrogens with zero attached hydrogens (tertiary/aromatic N) is 3. The molecule has 15 heavy (non-hydrogen) atoms. The van der Waals surface area contributed by atoms with Crippen LogP contribution in [-0.2, 0) is 16.6 Å². The first-order valence-corrected chi connectivity index (χ1v) is 4.52. The zero-order chi connectivity index (χ0) is 11.4. The van der Waals surface area contributed by atoms with Gasteiger partial charge in [0, 0.05) is 25.4 Å². The first-order valence-electron chi connectivity index (χ1n) is 4.52. The maximum atomic E-state index is 11.0. The second-order valence-corrected chi connectivity index (χ2v) is 3.12. The summed E-state index contributed by atoms with van der Waals surface area (Å²) in [6, 6.07) is -0.957. The van der Waals surface area contributed by atoms with Gasteiger partial charge in [0.15, 0.2) is 6.04 Å². The summed E-state index contributed by atoms with van der Waals surface area (Å²) >= 11 is 0. The molecule has 0 bridgehead atoms. The summed E-state index contributed by atoms with van der Waals surface area (Å²) in [7, 11) is 1.69. The number of carbonyl (C=O) groups excluding carboxylic acids is 1. The van der Waals surface area contributed by atoms with Crippen molar-refractivity contribution < 1.29 is 14.7 Å². The van der Waals surface area contributed by atoms with Crippen molar-refractivity contribution in [2.75, 3.05) is 6.54 Å². The lowest BCUT2D eigenvalue weighted by molar-refractivity contribution is -0.146. The van der Waals surface area contributed by atoms with Crippen molar-refractivity contribution in [2.24, 2.45) is 7.05 Å². The highest BCUT2D eigenvalue weighted by Gasteiger charge is 2.26. The lowest BCUT2D eigenvalue weighted by Gasteiger charge is -2.22. The summed E-state index contributed by atoms with van der Waals surface area (Å²) < 4.78 is 1.50. The second-order valence-electron chi connectivity index (χ2n) is 3.12. The molecule has 82 valence electrons. The van der Waals surface area contributed by atoms with E-state index in [-0.39, 0.29) is 0 Å². The van der Waals surface area contributed by atoms with Crippen molar-refractivity contribution in [1.29, 1.82) is 0 Å². The average Bonchev–Trinajstić information content (AvgIpc) is 2.59. The molecule has 0 fully saturated rings. The predicted molar refractivity (Wildman–Crippen MR) is 52.0 cm³/mol. The number of rotatable bonds is 5. The normalized spacial score (nSPS) is 12.1. The van der Waals surface area contributed by atoms with Crippen LogP contribution in [0, 0.1) is 0 Å². The highest BCUT2D eigenvalue weighted by Crippen LogP contribution is 2.18. The maximum Gasteiger partial charge on any atom is 0.331 e. The number of aromatic nitrogens is 2. The molecule has 0 radical (unpaired) electrons. The first-order chi connectivity index (χ1) is 7.10. The molecule has 0 aromatic carbocycles. The number of carboxylic acids is 1. The fourth-order valence-corrected chi connectivity index (χ4v) is 1.38. The van der Waals surface area contributed by atoms with E-state index < -0.39 is 12.0 Å². The largest absolute Gasteiger partial charge is 0.479 e. The molecule has 1 unspecified atom stereocenters. The van der Waals surface area contributed by atoms with Crippen molar-refractivity contribution in [3.63, 3.8) is 0 Å². The number of carbonyl (C=O) groups is 2. The fourth-order valence-electron chi connectivity index (χ4n) is 1.38. The minimum Gasteiger partial charge on any atom is -0.479 e. The van der Waals surface area contributed by atoms with Crippen molar-refractivity contribution in [3.8, 4) is 0 Å². The van der Waals surface area contributed by atoms with Crippen LogP contribution in [0.3, 0.4) is 0 Å². The van der Waals surface area contributed by atoms with Crippen LogP contribution in [0.5, 0.6) is 0 Å². The molecule has 0 saturated heterocycles. The van der Waals surface area contributed by atoms with Crippen LogP contribution in [0.15, 0.2) is 12.4 Å². The number of hydrogen-bond donors (Lipinski definition) is 1. The number of amides is 1. The Morgan fingerprint density at radius 2 is 2.47 bits per heavy atom. The summed E-state index contributed by atoms with van der Waals surface area (Å²) in [5, 5.41) is 12.9. The van der Waals surface area contributed by atoms with E-state index in [2.05, 4.69) is 5.10 Å². The number of carboxylic acid groups (broad SMARTS) is 1. The summed E-state index contributed by atoms with van der Waals surface area (Å²) in [6.45, 7) is 2.07. The Labute approximate surface area is 87.1 Å². The van der Waals surface area contributed by atoms with E-state index in [1.54, 1.807) is 20.2 Å². The molecule has 1 amide bonds. The number of hydrogen-bond acceptors (Lipinski definition) is 3. The number of aryl methyl sites for hydroxylation is 1. The van der Waals surface area contributed by atoms with Gasteiger partial charge in [0.2, 0.25) is 6.41 Å². The Bertz CT molecular complexity index is 361. The highest BCUT2D eigenvalue weighted by atomic mass is 16.4. The molecule has 1 atom stereocenters. The van der Waals surface area contributed by atoms with Gasteiger partial charge in [0.25, 0.3) is 0 Å². The predicted octanol–water partition coefficient (Wildman–Crippen LogP) is 0.0241. The monoisotopic (exact) mass is 211 g/mol. The molecule has 0 spiro atoms. The molecule has 0 saturated carbocycles. The Hall–Kier alpha value is -1.85. The minimum atomic E-state index is -1.06. The van der Waals surface area contributed by atoms with Gasteiger partial charge in [-0.2, -0.15) is 5.10 Å². The molecular weight excluding hydrogens is 198 g/mol. The standard InChI is InChI=1S/C9H13N3O3/c1-3-12(6-13)8(9(14)15)7-4-10-11(2)5-7/h4-6,8H,3H2,1-2H3,(H,14,15). The maximum absolute atomic E-state index is 11.0. The lowest BCUT2D eigenvalue weighted by atomic mass is 10.1. The fraction of sp³-hybridized carbons (Fsp3) is 0.444. The van der Waals surface area contributed by atoms with Crippen LogP contribution in [0.1, 0.15) is 18.5 Å². The van der Waals surface area contributed by atoms with Gasteiger partial charge in [-0.15, -0.1) is 0 Å². The van der Waals surface area contributed by atoms with E-state index in [9.17, 15) is 9.59 Å². The molecule has 1 aromatic rings. The van der Waals surface area contributed by atoms with Crippen LogP contribution in [0.4, 0.5) is 0 Å². The quantitative estimate of drug-likeness (QED) is 0.697. The third kappa shape index (κ3) is 2.34. The molecule has 1 heterocycles. The van der Waals surface area contributed by atoms with Crippen molar-refractivity contribution in [3.05, 3.63) is 18.0 Å². The molecule has 6 heteroatoms. The van der Waals surface area contributed by atoms with E-state index >= 15 is 0 Å². The molecule has 6 nitrogen and oxygen atoms in total.